The van der Waals surface area contributed by atoms with E-state index in [1.165, 1.54) is 0 Å². The summed E-state index contributed by atoms with van der Waals surface area (Å²) in [7, 11) is 0. The first-order valence-corrected chi connectivity index (χ1v) is 7.68. The van der Waals surface area contributed by atoms with Crippen molar-refractivity contribution in [3.63, 3.8) is 0 Å². The van der Waals surface area contributed by atoms with E-state index < -0.39 is 6.09 Å². The molecule has 6 heteroatoms. The number of benzene rings is 2. The van der Waals surface area contributed by atoms with Crippen molar-refractivity contribution in [1.82, 2.24) is 5.16 Å². The van der Waals surface area contributed by atoms with E-state index in [1.807, 2.05) is 19.1 Å². The van der Waals surface area contributed by atoms with Crippen LogP contribution in [0, 0.1) is 13.8 Å². The van der Waals surface area contributed by atoms with Gasteiger partial charge in [0, 0.05) is 23.2 Å². The van der Waals surface area contributed by atoms with Crippen LogP contribution in [0.1, 0.15) is 11.3 Å². The van der Waals surface area contributed by atoms with Crippen molar-refractivity contribution >= 4 is 23.4 Å². The van der Waals surface area contributed by atoms with Crippen LogP contribution in [-0.2, 0) is 0 Å². The van der Waals surface area contributed by atoms with Gasteiger partial charge in [-0.1, -0.05) is 46.6 Å². The molecule has 0 spiro atoms. The molecule has 3 aromatic rings. The van der Waals surface area contributed by atoms with E-state index in [4.69, 9.17) is 20.9 Å². The van der Waals surface area contributed by atoms with Crippen LogP contribution in [0.4, 0.5) is 10.5 Å². The summed E-state index contributed by atoms with van der Waals surface area (Å²) in [5.41, 5.74) is 2.94. The van der Waals surface area contributed by atoms with Gasteiger partial charge in [-0.3, -0.25) is 5.32 Å². The van der Waals surface area contributed by atoms with E-state index in [0.717, 1.165) is 11.1 Å². The Morgan fingerprint density at radius 3 is 2.42 bits per heavy atom. The van der Waals surface area contributed by atoms with Crippen molar-refractivity contribution < 1.29 is 14.1 Å². The summed E-state index contributed by atoms with van der Waals surface area (Å²) in [6.07, 6.45) is -0.611. The van der Waals surface area contributed by atoms with Gasteiger partial charge in [0.15, 0.2) is 11.5 Å². The quantitative estimate of drug-likeness (QED) is 0.708. The number of hydrogen-bond acceptors (Lipinski definition) is 4. The summed E-state index contributed by atoms with van der Waals surface area (Å²) in [6, 6.07) is 14.4. The summed E-state index contributed by atoms with van der Waals surface area (Å²) in [5, 5.41) is 7.24. The maximum absolute atomic E-state index is 12.1. The molecule has 24 heavy (non-hydrogen) atoms. The third kappa shape index (κ3) is 3.58. The number of carbonyl (C=O) groups is 1. The largest absolute Gasteiger partial charge is 0.417 e. The predicted octanol–water partition coefficient (Wildman–Crippen LogP) is 5.22. The fraction of sp³-hybridized carbons (Fsp3) is 0.111. The highest BCUT2D eigenvalue weighted by atomic mass is 35.5. The van der Waals surface area contributed by atoms with Crippen molar-refractivity contribution in [1.29, 1.82) is 0 Å². The first-order valence-electron chi connectivity index (χ1n) is 7.30. The molecule has 0 aliphatic carbocycles. The van der Waals surface area contributed by atoms with Crippen molar-refractivity contribution in [2.24, 2.45) is 0 Å². The number of ether oxygens (including phenoxy) is 1. The van der Waals surface area contributed by atoms with Gasteiger partial charge in [-0.2, -0.15) is 0 Å². The number of halogens is 1. The summed E-state index contributed by atoms with van der Waals surface area (Å²) >= 11 is 5.89. The minimum atomic E-state index is -0.611. The fourth-order valence-corrected chi connectivity index (χ4v) is 2.27. The van der Waals surface area contributed by atoms with Gasteiger partial charge in [0.1, 0.15) is 0 Å². The Morgan fingerprint density at radius 1 is 1.08 bits per heavy atom. The number of aromatic nitrogens is 1. The minimum Gasteiger partial charge on any atom is -0.404 e. The second kappa shape index (κ2) is 6.76. The second-order valence-electron chi connectivity index (χ2n) is 5.30. The summed E-state index contributed by atoms with van der Waals surface area (Å²) in [4.78, 5) is 12.1. The van der Waals surface area contributed by atoms with Crippen molar-refractivity contribution in [2.75, 3.05) is 5.32 Å². The van der Waals surface area contributed by atoms with E-state index >= 15 is 0 Å². The average molecular weight is 343 g/mol. The molecule has 3 rings (SSSR count). The maximum atomic E-state index is 12.1. The van der Waals surface area contributed by atoms with E-state index in [-0.39, 0.29) is 5.75 Å². The number of nitrogens with one attached hydrogen (secondary N) is 1. The maximum Gasteiger partial charge on any atom is 0.417 e. The highest BCUT2D eigenvalue weighted by molar-refractivity contribution is 6.30. The molecule has 0 saturated heterocycles. The molecule has 0 fully saturated rings. The minimum absolute atomic E-state index is 0.280. The molecular weight excluding hydrogens is 328 g/mol. The zero-order valence-electron chi connectivity index (χ0n) is 13.2. The molecule has 0 atom stereocenters. The van der Waals surface area contributed by atoms with Gasteiger partial charge in [0.2, 0.25) is 5.75 Å². The van der Waals surface area contributed by atoms with E-state index in [2.05, 4.69) is 10.5 Å². The zero-order valence-corrected chi connectivity index (χ0v) is 13.9. The van der Waals surface area contributed by atoms with Crippen molar-refractivity contribution in [2.45, 2.75) is 13.8 Å². The lowest BCUT2D eigenvalue weighted by atomic mass is 10.1. The third-order valence-electron chi connectivity index (χ3n) is 3.42. The van der Waals surface area contributed by atoms with Crippen LogP contribution in [-0.4, -0.2) is 11.2 Å². The normalized spacial score (nSPS) is 10.5. The lowest BCUT2D eigenvalue weighted by Gasteiger charge is -2.07. The first-order chi connectivity index (χ1) is 11.5. The van der Waals surface area contributed by atoms with Crippen molar-refractivity contribution in [3.8, 4) is 17.0 Å². The highest BCUT2D eigenvalue weighted by Gasteiger charge is 2.19. The number of rotatable bonds is 3. The standard InChI is InChI=1S/C18H15ClN2O3/c1-11-3-9-15(10-4-11)20-18(22)23-17-12(2)24-21-16(17)13-5-7-14(19)8-6-13/h3-10H,1-2H3,(H,20,22). The lowest BCUT2D eigenvalue weighted by Crippen LogP contribution is -2.17. The first kappa shape index (κ1) is 16.1. The average Bonchev–Trinajstić information content (AvgIpc) is 2.91. The molecule has 1 N–H and O–H groups in total. The number of anilines is 1. The molecule has 5 nitrogen and oxygen atoms in total. The molecule has 1 heterocycles. The van der Waals surface area contributed by atoms with Gasteiger partial charge in [-0.15, -0.1) is 0 Å². The van der Waals surface area contributed by atoms with Gasteiger partial charge in [0.25, 0.3) is 0 Å². The van der Waals surface area contributed by atoms with Crippen LogP contribution in [0.5, 0.6) is 5.75 Å². The van der Waals surface area contributed by atoms with Crippen LogP contribution in [0.15, 0.2) is 53.1 Å². The van der Waals surface area contributed by atoms with Gasteiger partial charge in [-0.05, 0) is 31.2 Å². The number of carbonyl (C=O) groups excluding carboxylic acids is 1. The molecule has 2 aromatic carbocycles. The smallest absolute Gasteiger partial charge is 0.404 e. The Bertz CT molecular complexity index is 855. The number of amides is 1. The summed E-state index contributed by atoms with van der Waals surface area (Å²) < 4.78 is 10.6. The molecule has 122 valence electrons. The van der Waals surface area contributed by atoms with Crippen LogP contribution in [0.25, 0.3) is 11.3 Å². The third-order valence-corrected chi connectivity index (χ3v) is 3.67. The van der Waals surface area contributed by atoms with Gasteiger partial charge >= 0.3 is 6.09 Å². The summed E-state index contributed by atoms with van der Waals surface area (Å²) in [6.45, 7) is 3.65. The van der Waals surface area contributed by atoms with Gasteiger partial charge < -0.3 is 9.26 Å². The van der Waals surface area contributed by atoms with E-state index in [1.54, 1.807) is 43.3 Å². The molecule has 0 bridgehead atoms. The monoisotopic (exact) mass is 342 g/mol. The highest BCUT2D eigenvalue weighted by Crippen LogP contribution is 2.33. The molecule has 1 aromatic heterocycles. The topological polar surface area (TPSA) is 64.4 Å². The molecule has 0 unspecified atom stereocenters. The Balaban J connectivity index is 1.79. The number of nitrogens with zero attached hydrogens (tertiary/aromatic N) is 1. The van der Waals surface area contributed by atoms with Crippen LogP contribution >= 0.6 is 11.6 Å². The Labute approximate surface area is 144 Å². The Kier molecular flexibility index (Phi) is 4.53. The van der Waals surface area contributed by atoms with E-state index in [9.17, 15) is 4.79 Å². The Hall–Kier alpha value is -2.79. The SMILES string of the molecule is Cc1ccc(NC(=O)Oc2c(-c3ccc(Cl)cc3)noc2C)cc1. The number of hydrogen-bond donors (Lipinski definition) is 1. The molecule has 1 amide bonds. The molecule has 0 saturated carbocycles. The molecular formula is C18H15ClN2O3. The number of aryl methyl sites for hydroxylation is 2. The van der Waals surface area contributed by atoms with Crippen LogP contribution < -0.4 is 10.1 Å². The Morgan fingerprint density at radius 2 is 1.75 bits per heavy atom. The van der Waals surface area contributed by atoms with E-state index in [0.29, 0.717) is 22.2 Å². The molecule has 0 aliphatic rings. The van der Waals surface area contributed by atoms with Gasteiger partial charge in [0.05, 0.1) is 0 Å². The van der Waals surface area contributed by atoms with Gasteiger partial charge in [-0.25, -0.2) is 4.79 Å². The zero-order chi connectivity index (χ0) is 17.1. The second-order valence-corrected chi connectivity index (χ2v) is 5.74. The van der Waals surface area contributed by atoms with Crippen LogP contribution in [0.2, 0.25) is 5.02 Å². The van der Waals surface area contributed by atoms with Crippen LogP contribution in [0.3, 0.4) is 0 Å². The molecule has 0 aliphatic heterocycles. The predicted molar refractivity (Wildman–Crippen MR) is 92.5 cm³/mol. The van der Waals surface area contributed by atoms with Crippen molar-refractivity contribution in [3.05, 3.63) is 64.9 Å². The molecule has 0 radical (unpaired) electrons. The fourth-order valence-electron chi connectivity index (χ4n) is 2.15. The summed E-state index contributed by atoms with van der Waals surface area (Å²) in [5.74, 6) is 0.695. The lowest BCUT2D eigenvalue weighted by molar-refractivity contribution is 0.214.